The van der Waals surface area contributed by atoms with E-state index < -0.39 is 11.2 Å². The Morgan fingerprint density at radius 3 is 2.89 bits per heavy atom. The summed E-state index contributed by atoms with van der Waals surface area (Å²) in [4.78, 5) is 30.4. The molecule has 0 aliphatic heterocycles. The molecule has 0 bridgehead atoms. The lowest BCUT2D eigenvalue weighted by Gasteiger charge is -2.07. The fraction of sp³-hybridized carbons (Fsp3) is 0.294. The normalized spacial score (nSPS) is 11.4. The number of phenolic OH excluding ortho intramolecular Hbond substituents is 1. The lowest BCUT2D eigenvalue weighted by atomic mass is 10.2. The highest BCUT2D eigenvalue weighted by atomic mass is 16.5. The van der Waals surface area contributed by atoms with Crippen LogP contribution in [-0.2, 0) is 13.6 Å². The lowest BCUT2D eigenvalue weighted by molar-refractivity contribution is 0.278. The van der Waals surface area contributed by atoms with E-state index >= 15 is 0 Å². The molecule has 11 nitrogen and oxygen atoms in total. The van der Waals surface area contributed by atoms with Crippen molar-refractivity contribution >= 4 is 23.3 Å². The van der Waals surface area contributed by atoms with Crippen LogP contribution in [0.2, 0.25) is 0 Å². The standard InChI is InChI=1S/C17H20N6O5/c1-3-28-12-8-10(4-5-11(12)25)9-18-21-16-19-14-13(23(16)6-7-24)15(26)20-17(27)22(14)2/h4-5,8-9,24-25H,3,6-7H2,1-2H3,(H,19,21)(H,20,26,27). The molecule has 28 heavy (non-hydrogen) atoms. The molecule has 3 aromatic rings. The second-order valence-electron chi connectivity index (χ2n) is 5.83. The van der Waals surface area contributed by atoms with Gasteiger partial charge in [0.15, 0.2) is 22.7 Å². The number of anilines is 1. The van der Waals surface area contributed by atoms with Crippen LogP contribution < -0.4 is 21.4 Å². The maximum atomic E-state index is 12.2. The number of hydrazone groups is 1. The van der Waals surface area contributed by atoms with Crippen LogP contribution in [0.15, 0.2) is 32.9 Å². The average Bonchev–Trinajstić information content (AvgIpc) is 3.02. The van der Waals surface area contributed by atoms with Crippen molar-refractivity contribution in [1.82, 2.24) is 19.1 Å². The number of aliphatic hydroxyl groups excluding tert-OH is 1. The molecule has 0 atom stereocenters. The molecule has 0 fully saturated rings. The maximum absolute atomic E-state index is 12.2. The molecule has 0 radical (unpaired) electrons. The summed E-state index contributed by atoms with van der Waals surface area (Å²) in [6.07, 6.45) is 1.48. The van der Waals surface area contributed by atoms with Gasteiger partial charge < -0.3 is 19.5 Å². The number of aromatic amines is 1. The maximum Gasteiger partial charge on any atom is 0.329 e. The van der Waals surface area contributed by atoms with Crippen LogP contribution in [0.1, 0.15) is 12.5 Å². The second kappa shape index (κ2) is 7.96. The van der Waals surface area contributed by atoms with Gasteiger partial charge in [-0.1, -0.05) is 0 Å². The minimum atomic E-state index is -0.601. The monoisotopic (exact) mass is 388 g/mol. The van der Waals surface area contributed by atoms with Crippen LogP contribution in [0, 0.1) is 0 Å². The largest absolute Gasteiger partial charge is 0.504 e. The van der Waals surface area contributed by atoms with E-state index in [-0.39, 0.29) is 36.0 Å². The van der Waals surface area contributed by atoms with Gasteiger partial charge in [-0.15, -0.1) is 0 Å². The molecule has 1 aromatic carbocycles. The smallest absolute Gasteiger partial charge is 0.329 e. The van der Waals surface area contributed by atoms with E-state index in [1.807, 2.05) is 6.92 Å². The molecule has 3 rings (SSSR count). The third kappa shape index (κ3) is 3.60. The Kier molecular flexibility index (Phi) is 5.45. The predicted molar refractivity (Wildman–Crippen MR) is 103 cm³/mol. The van der Waals surface area contributed by atoms with Crippen molar-refractivity contribution < 1.29 is 14.9 Å². The van der Waals surface area contributed by atoms with Gasteiger partial charge in [-0.05, 0) is 30.7 Å². The van der Waals surface area contributed by atoms with Crippen molar-refractivity contribution in [3.8, 4) is 11.5 Å². The number of fused-ring (bicyclic) bond motifs is 1. The first-order valence-corrected chi connectivity index (χ1v) is 8.51. The zero-order valence-electron chi connectivity index (χ0n) is 15.3. The first-order chi connectivity index (χ1) is 13.5. The fourth-order valence-corrected chi connectivity index (χ4v) is 2.68. The number of H-pyrrole nitrogens is 1. The number of aryl methyl sites for hydroxylation is 1. The molecule has 148 valence electrons. The number of benzene rings is 1. The van der Waals surface area contributed by atoms with Crippen LogP contribution in [0.25, 0.3) is 11.2 Å². The zero-order chi connectivity index (χ0) is 20.3. The average molecular weight is 388 g/mol. The number of phenols is 1. The molecule has 4 N–H and O–H groups in total. The molecule has 0 aliphatic carbocycles. The Balaban J connectivity index is 1.95. The molecule has 0 spiro atoms. The number of aromatic hydroxyl groups is 1. The van der Waals surface area contributed by atoms with Gasteiger partial charge in [0.05, 0.1) is 19.4 Å². The molecular formula is C17H20N6O5. The van der Waals surface area contributed by atoms with Gasteiger partial charge in [0.2, 0.25) is 5.95 Å². The first kappa shape index (κ1) is 19.2. The molecule has 0 saturated heterocycles. The van der Waals surface area contributed by atoms with E-state index in [2.05, 4.69) is 20.5 Å². The summed E-state index contributed by atoms with van der Waals surface area (Å²) in [6.45, 7) is 2.07. The second-order valence-corrected chi connectivity index (χ2v) is 5.83. The molecule has 0 saturated carbocycles. The van der Waals surface area contributed by atoms with Gasteiger partial charge in [-0.25, -0.2) is 10.2 Å². The van der Waals surface area contributed by atoms with Crippen molar-refractivity contribution in [2.24, 2.45) is 12.1 Å². The predicted octanol–water partition coefficient (Wildman–Crippen LogP) is -0.0341. The Morgan fingerprint density at radius 2 is 2.18 bits per heavy atom. The van der Waals surface area contributed by atoms with Crippen LogP contribution in [-0.4, -0.2) is 48.7 Å². The van der Waals surface area contributed by atoms with Crippen molar-refractivity contribution in [1.29, 1.82) is 0 Å². The van der Waals surface area contributed by atoms with E-state index in [4.69, 9.17) is 4.74 Å². The number of rotatable bonds is 7. The topological polar surface area (TPSA) is 147 Å². The van der Waals surface area contributed by atoms with E-state index in [1.54, 1.807) is 12.1 Å². The number of hydrogen-bond acceptors (Lipinski definition) is 8. The fourth-order valence-electron chi connectivity index (χ4n) is 2.68. The van der Waals surface area contributed by atoms with Crippen molar-refractivity contribution in [2.45, 2.75) is 13.5 Å². The molecule has 2 aromatic heterocycles. The first-order valence-electron chi connectivity index (χ1n) is 8.51. The van der Waals surface area contributed by atoms with Crippen molar-refractivity contribution in [2.75, 3.05) is 18.6 Å². The number of aromatic nitrogens is 4. The van der Waals surface area contributed by atoms with Gasteiger partial charge in [-0.2, -0.15) is 10.1 Å². The number of imidazole rings is 1. The summed E-state index contributed by atoms with van der Waals surface area (Å²) in [7, 11) is 1.48. The number of nitrogens with one attached hydrogen (secondary N) is 2. The Bertz CT molecular complexity index is 1140. The van der Waals surface area contributed by atoms with Crippen LogP contribution >= 0.6 is 0 Å². The lowest BCUT2D eigenvalue weighted by Crippen LogP contribution is -2.29. The molecule has 0 aliphatic rings. The number of nitrogens with zero attached hydrogens (tertiary/aromatic N) is 4. The van der Waals surface area contributed by atoms with E-state index in [1.165, 1.54) is 28.5 Å². The minimum absolute atomic E-state index is 0.0249. The molecule has 0 unspecified atom stereocenters. The molecular weight excluding hydrogens is 368 g/mol. The third-order valence-corrected chi connectivity index (χ3v) is 3.99. The minimum Gasteiger partial charge on any atom is -0.504 e. The Labute approximate surface area is 158 Å². The summed E-state index contributed by atoms with van der Waals surface area (Å²) in [5.74, 6) is 0.549. The van der Waals surface area contributed by atoms with Crippen LogP contribution in [0.3, 0.4) is 0 Å². The van der Waals surface area contributed by atoms with Gasteiger partial charge in [0, 0.05) is 13.6 Å². The highest BCUT2D eigenvalue weighted by molar-refractivity contribution is 5.81. The summed E-state index contributed by atoms with van der Waals surface area (Å²) in [5, 5.41) is 23.1. The van der Waals surface area contributed by atoms with Crippen LogP contribution in [0.5, 0.6) is 11.5 Å². The summed E-state index contributed by atoms with van der Waals surface area (Å²) in [5.41, 5.74) is 2.50. The van der Waals surface area contributed by atoms with Crippen LogP contribution in [0.4, 0.5) is 5.95 Å². The number of hydrogen-bond donors (Lipinski definition) is 4. The van der Waals surface area contributed by atoms with E-state index in [0.717, 1.165) is 0 Å². The molecule has 0 amide bonds. The summed E-state index contributed by atoms with van der Waals surface area (Å²) in [6, 6.07) is 4.76. The van der Waals surface area contributed by atoms with Crippen molar-refractivity contribution in [3.05, 3.63) is 44.6 Å². The third-order valence-electron chi connectivity index (χ3n) is 3.99. The van der Waals surface area contributed by atoms with Crippen molar-refractivity contribution in [3.63, 3.8) is 0 Å². The van der Waals surface area contributed by atoms with E-state index in [0.29, 0.717) is 17.9 Å². The summed E-state index contributed by atoms with van der Waals surface area (Å²) < 4.78 is 7.96. The van der Waals surface area contributed by atoms with Gasteiger partial charge in [-0.3, -0.25) is 14.3 Å². The molecule has 2 heterocycles. The Hall–Kier alpha value is -3.60. The quantitative estimate of drug-likeness (QED) is 0.328. The number of aliphatic hydroxyl groups is 1. The zero-order valence-corrected chi connectivity index (χ0v) is 15.3. The van der Waals surface area contributed by atoms with E-state index in [9.17, 15) is 19.8 Å². The number of ether oxygens (including phenoxy) is 1. The van der Waals surface area contributed by atoms with Gasteiger partial charge in [0.25, 0.3) is 5.56 Å². The highest BCUT2D eigenvalue weighted by Gasteiger charge is 2.16. The summed E-state index contributed by atoms with van der Waals surface area (Å²) >= 11 is 0. The van der Waals surface area contributed by atoms with Gasteiger partial charge in [0.1, 0.15) is 0 Å². The molecule has 11 heteroatoms. The van der Waals surface area contributed by atoms with Gasteiger partial charge >= 0.3 is 5.69 Å². The Morgan fingerprint density at radius 1 is 1.39 bits per heavy atom. The highest BCUT2D eigenvalue weighted by Crippen LogP contribution is 2.26. The SMILES string of the molecule is CCOc1cc(C=NNc2nc3c(c(=O)[nH]c(=O)n3C)n2CCO)ccc1O.